The Morgan fingerprint density at radius 2 is 1.81 bits per heavy atom. The van der Waals surface area contributed by atoms with Gasteiger partial charge < -0.3 is 24.4 Å². The van der Waals surface area contributed by atoms with E-state index in [4.69, 9.17) is 9.47 Å². The number of rotatable bonds is 5. The summed E-state index contributed by atoms with van der Waals surface area (Å²) in [6, 6.07) is 9.40. The van der Waals surface area contributed by atoms with Crippen molar-refractivity contribution >= 4 is 12.2 Å². The minimum absolute atomic E-state index is 0.0703. The normalized spacial score (nSPS) is 15.3. The zero-order valence-electron chi connectivity index (χ0n) is 16.4. The van der Waals surface area contributed by atoms with E-state index in [9.17, 15) is 14.7 Å². The summed E-state index contributed by atoms with van der Waals surface area (Å²) in [5.41, 5.74) is 0.382. The van der Waals surface area contributed by atoms with Crippen LogP contribution in [-0.2, 0) is 16.1 Å². The lowest BCUT2D eigenvalue weighted by Gasteiger charge is -2.38. The molecule has 0 aliphatic carbocycles. The highest BCUT2D eigenvalue weighted by Gasteiger charge is 2.32. The largest absolute Gasteiger partial charge is 0.445 e. The quantitative estimate of drug-likeness (QED) is 0.852. The van der Waals surface area contributed by atoms with Crippen LogP contribution in [0.1, 0.15) is 39.2 Å². The van der Waals surface area contributed by atoms with Crippen molar-refractivity contribution in [3.8, 4) is 0 Å². The molecule has 1 aliphatic rings. The molecule has 1 N–H and O–H groups in total. The van der Waals surface area contributed by atoms with Crippen LogP contribution in [0.15, 0.2) is 30.3 Å². The van der Waals surface area contributed by atoms with E-state index in [0.717, 1.165) is 5.56 Å². The third-order valence-electron chi connectivity index (χ3n) is 4.34. The van der Waals surface area contributed by atoms with Crippen LogP contribution < -0.4 is 0 Å². The number of carbonyl (C=O) groups excluding carboxylic acids is 2. The average Bonchev–Trinajstić information content (AvgIpc) is 2.64. The van der Waals surface area contributed by atoms with Gasteiger partial charge in [0, 0.05) is 25.7 Å². The van der Waals surface area contributed by atoms with Crippen LogP contribution in [0.3, 0.4) is 0 Å². The molecule has 1 aromatic rings. The monoisotopic (exact) mass is 378 g/mol. The van der Waals surface area contributed by atoms with E-state index < -0.39 is 11.7 Å². The minimum atomic E-state index is -0.530. The molecule has 7 heteroatoms. The predicted molar refractivity (Wildman–Crippen MR) is 101 cm³/mol. The van der Waals surface area contributed by atoms with Crippen molar-refractivity contribution < 1.29 is 24.2 Å². The van der Waals surface area contributed by atoms with Crippen molar-refractivity contribution in [2.75, 3.05) is 26.2 Å². The van der Waals surface area contributed by atoms with Gasteiger partial charge in [-0.1, -0.05) is 30.3 Å². The highest BCUT2D eigenvalue weighted by Crippen LogP contribution is 2.20. The Labute approximate surface area is 160 Å². The molecule has 27 heavy (non-hydrogen) atoms. The third kappa shape index (κ3) is 6.75. The van der Waals surface area contributed by atoms with Crippen molar-refractivity contribution in [2.45, 2.75) is 51.9 Å². The molecule has 0 aromatic heterocycles. The lowest BCUT2D eigenvalue weighted by Crippen LogP contribution is -2.50. The first-order valence-corrected chi connectivity index (χ1v) is 9.36. The van der Waals surface area contributed by atoms with Crippen molar-refractivity contribution in [3.05, 3.63) is 35.9 Å². The fraction of sp³-hybridized carbons (Fsp3) is 0.600. The summed E-state index contributed by atoms with van der Waals surface area (Å²) >= 11 is 0. The summed E-state index contributed by atoms with van der Waals surface area (Å²) in [4.78, 5) is 27.9. The topological polar surface area (TPSA) is 79.3 Å². The van der Waals surface area contributed by atoms with Crippen LogP contribution in [0.5, 0.6) is 0 Å². The van der Waals surface area contributed by atoms with Gasteiger partial charge in [0.25, 0.3) is 0 Å². The number of piperidine rings is 1. The number of amides is 2. The Kier molecular flexibility index (Phi) is 7.47. The molecule has 7 nitrogen and oxygen atoms in total. The maximum absolute atomic E-state index is 12.5. The van der Waals surface area contributed by atoms with Crippen LogP contribution in [0.25, 0.3) is 0 Å². The van der Waals surface area contributed by atoms with E-state index in [-0.39, 0.29) is 31.9 Å². The van der Waals surface area contributed by atoms with Crippen molar-refractivity contribution in [1.29, 1.82) is 0 Å². The van der Waals surface area contributed by atoms with Crippen molar-refractivity contribution in [2.24, 2.45) is 0 Å². The number of hydrogen-bond donors (Lipinski definition) is 1. The molecule has 0 radical (unpaired) electrons. The molecule has 1 aromatic carbocycles. The van der Waals surface area contributed by atoms with Crippen LogP contribution in [0.4, 0.5) is 9.59 Å². The molecule has 0 atom stereocenters. The summed E-state index contributed by atoms with van der Waals surface area (Å²) in [6.45, 7) is 6.80. The Balaban J connectivity index is 1.87. The molecule has 150 valence electrons. The van der Waals surface area contributed by atoms with Gasteiger partial charge in [-0.25, -0.2) is 9.59 Å². The van der Waals surface area contributed by atoms with E-state index in [2.05, 4.69) is 0 Å². The fourth-order valence-corrected chi connectivity index (χ4v) is 3.02. The highest BCUT2D eigenvalue weighted by molar-refractivity contribution is 5.69. The van der Waals surface area contributed by atoms with Gasteiger partial charge in [0.05, 0.1) is 6.61 Å². The highest BCUT2D eigenvalue weighted by atomic mass is 16.6. The SMILES string of the molecule is CC(C)(C)OC(=O)N1CCC(N(CCO)C(=O)OCc2ccccc2)CC1. The minimum Gasteiger partial charge on any atom is -0.445 e. The summed E-state index contributed by atoms with van der Waals surface area (Å²) in [6.07, 6.45) is 0.476. The second-order valence-electron chi connectivity index (χ2n) is 7.66. The smallest absolute Gasteiger partial charge is 0.410 e. The molecule has 1 fully saturated rings. The maximum atomic E-state index is 12.5. The maximum Gasteiger partial charge on any atom is 0.410 e. The molecule has 0 spiro atoms. The van der Waals surface area contributed by atoms with Gasteiger partial charge in [-0.15, -0.1) is 0 Å². The molecule has 1 saturated heterocycles. The molecule has 0 bridgehead atoms. The zero-order chi connectivity index (χ0) is 19.9. The summed E-state index contributed by atoms with van der Waals surface area (Å²) in [5, 5.41) is 9.34. The van der Waals surface area contributed by atoms with Crippen LogP contribution in [-0.4, -0.2) is 65.0 Å². The lowest BCUT2D eigenvalue weighted by molar-refractivity contribution is 0.0121. The molecule has 1 aliphatic heterocycles. The van der Waals surface area contributed by atoms with Gasteiger partial charge in [0.2, 0.25) is 0 Å². The summed E-state index contributed by atoms with van der Waals surface area (Å²) in [5.74, 6) is 0. The molecular weight excluding hydrogens is 348 g/mol. The van der Waals surface area contributed by atoms with Crippen LogP contribution in [0.2, 0.25) is 0 Å². The number of carbonyl (C=O) groups is 2. The molecule has 0 saturated carbocycles. The van der Waals surface area contributed by atoms with Gasteiger partial charge in [-0.3, -0.25) is 0 Å². The Hall–Kier alpha value is -2.28. The van der Waals surface area contributed by atoms with E-state index in [0.29, 0.717) is 25.9 Å². The van der Waals surface area contributed by atoms with E-state index in [1.54, 1.807) is 9.80 Å². The van der Waals surface area contributed by atoms with E-state index in [1.165, 1.54) is 0 Å². The number of hydrogen-bond acceptors (Lipinski definition) is 5. The molecule has 2 amide bonds. The second kappa shape index (κ2) is 9.60. The number of likely N-dealkylation sites (tertiary alicyclic amines) is 1. The standard InChI is InChI=1S/C20H30N2O5/c1-20(2,3)27-18(24)21-11-9-17(10-12-21)22(13-14-23)19(25)26-15-16-7-5-4-6-8-16/h4-8,17,23H,9-15H2,1-3H3. The number of aliphatic hydroxyl groups excluding tert-OH is 1. The third-order valence-corrected chi connectivity index (χ3v) is 4.34. The first-order chi connectivity index (χ1) is 12.8. The van der Waals surface area contributed by atoms with Crippen LogP contribution >= 0.6 is 0 Å². The molecule has 2 rings (SSSR count). The van der Waals surface area contributed by atoms with Crippen LogP contribution in [0, 0.1) is 0 Å². The lowest BCUT2D eigenvalue weighted by atomic mass is 10.0. The number of aliphatic hydroxyl groups is 1. The van der Waals surface area contributed by atoms with E-state index >= 15 is 0 Å². The summed E-state index contributed by atoms with van der Waals surface area (Å²) in [7, 11) is 0. The van der Waals surface area contributed by atoms with Gasteiger partial charge in [-0.05, 0) is 39.2 Å². The van der Waals surface area contributed by atoms with Crippen molar-refractivity contribution in [1.82, 2.24) is 9.80 Å². The van der Waals surface area contributed by atoms with Gasteiger partial charge in [0.1, 0.15) is 12.2 Å². The van der Waals surface area contributed by atoms with Crippen molar-refractivity contribution in [3.63, 3.8) is 0 Å². The first kappa shape index (κ1) is 21.0. The van der Waals surface area contributed by atoms with E-state index in [1.807, 2.05) is 51.1 Å². The second-order valence-corrected chi connectivity index (χ2v) is 7.66. The fourth-order valence-electron chi connectivity index (χ4n) is 3.02. The average molecular weight is 378 g/mol. The Morgan fingerprint density at radius 3 is 2.37 bits per heavy atom. The molecule has 1 heterocycles. The molecular formula is C20H30N2O5. The molecule has 0 unspecified atom stereocenters. The number of benzene rings is 1. The predicted octanol–water partition coefficient (Wildman–Crippen LogP) is 3.02. The first-order valence-electron chi connectivity index (χ1n) is 9.36. The summed E-state index contributed by atoms with van der Waals surface area (Å²) < 4.78 is 10.8. The van der Waals surface area contributed by atoms with Gasteiger partial charge in [0.15, 0.2) is 0 Å². The Morgan fingerprint density at radius 1 is 1.19 bits per heavy atom. The number of ether oxygens (including phenoxy) is 2. The zero-order valence-corrected chi connectivity index (χ0v) is 16.4. The number of nitrogens with zero attached hydrogens (tertiary/aromatic N) is 2. The van der Waals surface area contributed by atoms with Gasteiger partial charge >= 0.3 is 12.2 Å². The van der Waals surface area contributed by atoms with Gasteiger partial charge in [-0.2, -0.15) is 0 Å². The Bertz CT molecular complexity index is 607.